The van der Waals surface area contributed by atoms with Crippen LogP contribution in [0.1, 0.15) is 11.5 Å². The molecule has 1 unspecified atom stereocenters. The molecule has 0 spiro atoms. The summed E-state index contributed by atoms with van der Waals surface area (Å²) in [5.74, 6) is 1.67. The maximum atomic E-state index is 6.00. The minimum Gasteiger partial charge on any atom is -0.384 e. The second kappa shape index (κ2) is 5.66. The van der Waals surface area contributed by atoms with Gasteiger partial charge in [0.1, 0.15) is 0 Å². The smallest absolute Gasteiger partial charge is 0.0441 e. The Morgan fingerprint density at radius 2 is 1.84 bits per heavy atom. The summed E-state index contributed by atoms with van der Waals surface area (Å²) in [5.41, 5.74) is 2.42. The molecule has 0 aromatic heterocycles. The largest absolute Gasteiger partial charge is 0.384 e. The van der Waals surface area contributed by atoms with Crippen LogP contribution in [0, 0.1) is 0 Å². The minimum absolute atomic E-state index is 0.541. The summed E-state index contributed by atoms with van der Waals surface area (Å²) in [6.45, 7) is 0.903. The van der Waals surface area contributed by atoms with Crippen LogP contribution in [0.3, 0.4) is 0 Å². The van der Waals surface area contributed by atoms with Gasteiger partial charge in [0.15, 0.2) is 0 Å². The molecule has 0 saturated carbocycles. The van der Waals surface area contributed by atoms with Crippen LogP contribution < -0.4 is 5.32 Å². The number of thioether (sulfide) groups is 1. The molecule has 1 atom stereocenters. The van der Waals surface area contributed by atoms with Gasteiger partial charge in [0.2, 0.25) is 0 Å². The molecule has 19 heavy (non-hydrogen) atoms. The van der Waals surface area contributed by atoms with E-state index in [4.69, 9.17) is 23.2 Å². The van der Waals surface area contributed by atoms with Crippen LogP contribution >= 0.6 is 35.0 Å². The molecular formula is C15H13Cl2NS. The first-order valence-corrected chi connectivity index (χ1v) is 7.88. The first-order chi connectivity index (χ1) is 9.22. The molecule has 0 radical (unpaired) electrons. The van der Waals surface area contributed by atoms with Gasteiger partial charge in [0, 0.05) is 38.8 Å². The zero-order valence-corrected chi connectivity index (χ0v) is 12.5. The summed E-state index contributed by atoms with van der Waals surface area (Å²) >= 11 is 13.9. The summed E-state index contributed by atoms with van der Waals surface area (Å²) in [6, 6.07) is 14.2. The highest BCUT2D eigenvalue weighted by atomic mass is 35.5. The fraction of sp³-hybridized carbons (Fsp3) is 0.200. The van der Waals surface area contributed by atoms with Crippen LogP contribution in [-0.4, -0.2) is 12.3 Å². The van der Waals surface area contributed by atoms with E-state index in [2.05, 4.69) is 29.6 Å². The predicted molar refractivity (Wildman–Crippen MR) is 84.9 cm³/mol. The van der Waals surface area contributed by atoms with Crippen LogP contribution in [0.5, 0.6) is 0 Å². The zero-order valence-electron chi connectivity index (χ0n) is 10.2. The Bertz CT molecular complexity index is 580. The monoisotopic (exact) mass is 309 g/mol. The number of hydrogen-bond donors (Lipinski definition) is 1. The standard InChI is InChI=1S/C15H13Cl2NS/c16-11-5-12(17)7-13(6-11)18-8-10-9-19-15-4-2-1-3-14(10)15/h1-7,10,18H,8-9H2. The molecule has 1 heterocycles. The molecule has 2 aromatic carbocycles. The van der Waals surface area contributed by atoms with Crippen LogP contribution in [-0.2, 0) is 0 Å². The maximum absolute atomic E-state index is 6.00. The molecule has 3 rings (SSSR count). The van der Waals surface area contributed by atoms with Crippen LogP contribution in [0.4, 0.5) is 5.69 Å². The molecule has 1 aliphatic heterocycles. The molecule has 0 amide bonds. The van der Waals surface area contributed by atoms with Gasteiger partial charge in [-0.05, 0) is 29.8 Å². The van der Waals surface area contributed by atoms with E-state index < -0.39 is 0 Å². The molecule has 0 bridgehead atoms. The van der Waals surface area contributed by atoms with Gasteiger partial charge < -0.3 is 5.32 Å². The van der Waals surface area contributed by atoms with E-state index in [1.54, 1.807) is 6.07 Å². The van der Waals surface area contributed by atoms with Crippen molar-refractivity contribution in [3.8, 4) is 0 Å². The molecule has 2 aromatic rings. The van der Waals surface area contributed by atoms with E-state index >= 15 is 0 Å². The SMILES string of the molecule is Clc1cc(Cl)cc(NCC2CSc3ccccc32)c1. The molecule has 1 nitrogen and oxygen atoms in total. The van der Waals surface area contributed by atoms with Gasteiger partial charge >= 0.3 is 0 Å². The van der Waals surface area contributed by atoms with Crippen molar-refractivity contribution in [1.29, 1.82) is 0 Å². The van der Waals surface area contributed by atoms with Gasteiger partial charge in [-0.15, -0.1) is 11.8 Å². The van der Waals surface area contributed by atoms with Gasteiger partial charge in [0.25, 0.3) is 0 Å². The van der Waals surface area contributed by atoms with Crippen LogP contribution in [0.2, 0.25) is 10.0 Å². The lowest BCUT2D eigenvalue weighted by Gasteiger charge is -2.13. The third kappa shape index (κ3) is 3.02. The van der Waals surface area contributed by atoms with Crippen molar-refractivity contribution < 1.29 is 0 Å². The maximum Gasteiger partial charge on any atom is 0.0441 e. The highest BCUT2D eigenvalue weighted by Crippen LogP contribution is 2.39. The highest BCUT2D eigenvalue weighted by Gasteiger charge is 2.22. The summed E-state index contributed by atoms with van der Waals surface area (Å²) in [7, 11) is 0. The van der Waals surface area contributed by atoms with Crippen LogP contribution in [0.25, 0.3) is 0 Å². The number of halogens is 2. The molecular weight excluding hydrogens is 297 g/mol. The quantitative estimate of drug-likeness (QED) is 0.826. The van der Waals surface area contributed by atoms with Crippen molar-refractivity contribution in [1.82, 2.24) is 0 Å². The van der Waals surface area contributed by atoms with E-state index in [-0.39, 0.29) is 0 Å². The van der Waals surface area contributed by atoms with E-state index in [1.165, 1.54) is 10.5 Å². The molecule has 1 N–H and O–H groups in total. The molecule has 0 fully saturated rings. The number of nitrogens with one attached hydrogen (secondary N) is 1. The van der Waals surface area contributed by atoms with Crippen molar-refractivity contribution in [3.05, 3.63) is 58.1 Å². The first-order valence-electron chi connectivity index (χ1n) is 6.14. The topological polar surface area (TPSA) is 12.0 Å². The number of rotatable bonds is 3. The van der Waals surface area contributed by atoms with Gasteiger partial charge in [-0.3, -0.25) is 0 Å². The average molecular weight is 310 g/mol. The number of fused-ring (bicyclic) bond motifs is 1. The van der Waals surface area contributed by atoms with Crippen LogP contribution in [0.15, 0.2) is 47.4 Å². The fourth-order valence-electron chi connectivity index (χ4n) is 2.30. The lowest BCUT2D eigenvalue weighted by Crippen LogP contribution is -2.12. The Morgan fingerprint density at radius 1 is 1.11 bits per heavy atom. The van der Waals surface area contributed by atoms with E-state index in [9.17, 15) is 0 Å². The van der Waals surface area contributed by atoms with Gasteiger partial charge in [0.05, 0.1) is 0 Å². The molecule has 1 aliphatic rings. The van der Waals surface area contributed by atoms with Gasteiger partial charge in [-0.1, -0.05) is 41.4 Å². The lowest BCUT2D eigenvalue weighted by molar-refractivity contribution is 0.819. The third-order valence-corrected chi connectivity index (χ3v) is 4.90. The van der Waals surface area contributed by atoms with Crippen molar-refractivity contribution in [2.24, 2.45) is 0 Å². The molecule has 98 valence electrons. The minimum atomic E-state index is 0.541. The van der Waals surface area contributed by atoms with Crippen molar-refractivity contribution in [3.63, 3.8) is 0 Å². The summed E-state index contributed by atoms with van der Waals surface area (Å²) in [4.78, 5) is 1.40. The third-order valence-electron chi connectivity index (χ3n) is 3.21. The molecule has 4 heteroatoms. The normalized spacial score (nSPS) is 17.3. The van der Waals surface area contributed by atoms with Crippen molar-refractivity contribution in [2.75, 3.05) is 17.6 Å². The van der Waals surface area contributed by atoms with Gasteiger partial charge in [-0.25, -0.2) is 0 Å². The Labute approximate surface area is 127 Å². The average Bonchev–Trinajstić information content (AvgIpc) is 2.78. The summed E-state index contributed by atoms with van der Waals surface area (Å²) < 4.78 is 0. The van der Waals surface area contributed by atoms with Gasteiger partial charge in [-0.2, -0.15) is 0 Å². The van der Waals surface area contributed by atoms with E-state index in [1.807, 2.05) is 23.9 Å². The zero-order chi connectivity index (χ0) is 13.2. The Hall–Kier alpha value is -0.830. The Morgan fingerprint density at radius 3 is 2.63 bits per heavy atom. The number of anilines is 1. The number of benzene rings is 2. The molecule has 0 aliphatic carbocycles. The van der Waals surface area contributed by atoms with E-state index in [0.29, 0.717) is 16.0 Å². The summed E-state index contributed by atoms with van der Waals surface area (Å²) in [6.07, 6.45) is 0. The first kappa shape index (κ1) is 13.2. The predicted octanol–water partition coefficient (Wildman–Crippen LogP) is 5.29. The second-order valence-corrected chi connectivity index (χ2v) is 6.52. The highest BCUT2D eigenvalue weighted by molar-refractivity contribution is 7.99. The Kier molecular flexibility index (Phi) is 3.92. The summed E-state index contributed by atoms with van der Waals surface area (Å²) in [5, 5.41) is 4.75. The lowest BCUT2D eigenvalue weighted by atomic mass is 10.0. The van der Waals surface area contributed by atoms with Crippen molar-refractivity contribution >= 4 is 40.7 Å². The molecule has 0 saturated heterocycles. The van der Waals surface area contributed by atoms with E-state index in [0.717, 1.165) is 18.0 Å². The Balaban J connectivity index is 1.70. The fourth-order valence-corrected chi connectivity index (χ4v) is 4.08. The second-order valence-electron chi connectivity index (χ2n) is 4.58. The number of hydrogen-bond acceptors (Lipinski definition) is 2. The van der Waals surface area contributed by atoms with Crippen molar-refractivity contribution in [2.45, 2.75) is 10.8 Å².